The highest BCUT2D eigenvalue weighted by atomic mass is 32.2. The Bertz CT molecular complexity index is 1500. The second kappa shape index (κ2) is 10.5. The van der Waals surface area contributed by atoms with E-state index < -0.39 is 61.0 Å². The number of halogens is 1. The summed E-state index contributed by atoms with van der Waals surface area (Å²) in [7, 11) is 0. The summed E-state index contributed by atoms with van der Waals surface area (Å²) >= 11 is 0.727. The van der Waals surface area contributed by atoms with Crippen molar-refractivity contribution in [1.29, 1.82) is 0 Å². The number of hydrogen-bond donors (Lipinski definition) is 4. The molecular formula is C24H31FN6O4S. The molecule has 0 aliphatic heterocycles. The maximum atomic E-state index is 14.3. The van der Waals surface area contributed by atoms with Crippen LogP contribution in [0.2, 0.25) is 0 Å². The Morgan fingerprint density at radius 2 is 2.14 bits per heavy atom. The van der Waals surface area contributed by atoms with Crippen LogP contribution in [0.25, 0.3) is 11.2 Å². The number of aromatic nitrogens is 5. The minimum absolute atomic E-state index is 0.00771. The fraction of sp³-hybridized carbons (Fsp3) is 0.583. The maximum absolute atomic E-state index is 14.3. The monoisotopic (exact) mass is 524 g/mol. The van der Waals surface area contributed by atoms with Crippen LogP contribution in [0.15, 0.2) is 23.4 Å². The van der Waals surface area contributed by atoms with Crippen molar-refractivity contribution in [3.63, 3.8) is 0 Å². The third kappa shape index (κ3) is 4.92. The van der Waals surface area contributed by atoms with Crippen LogP contribution < -0.4 is 5.32 Å². The fourth-order valence-corrected chi connectivity index (χ4v) is 4.82. The van der Waals surface area contributed by atoms with Gasteiger partial charge in [-0.3, -0.25) is 0 Å². The zero-order valence-corrected chi connectivity index (χ0v) is 20.5. The second-order valence-electron chi connectivity index (χ2n) is 8.68. The van der Waals surface area contributed by atoms with Crippen LogP contribution in [-0.4, -0.2) is 83.5 Å². The second-order valence-corrected chi connectivity index (χ2v) is 9.53. The summed E-state index contributed by atoms with van der Waals surface area (Å²) in [6.07, 6.45) is -3.85. The van der Waals surface area contributed by atoms with Crippen molar-refractivity contribution in [3.8, 4) is 0 Å². The molecular weight excluding hydrogens is 487 g/mol. The van der Waals surface area contributed by atoms with Gasteiger partial charge in [-0.05, 0) is 37.0 Å². The Kier molecular flexibility index (Phi) is 5.51. The number of benzene rings is 1. The van der Waals surface area contributed by atoms with Crippen molar-refractivity contribution >= 4 is 28.7 Å². The van der Waals surface area contributed by atoms with Gasteiger partial charge in [-0.1, -0.05) is 36.0 Å². The van der Waals surface area contributed by atoms with E-state index in [0.29, 0.717) is 11.1 Å². The van der Waals surface area contributed by atoms with E-state index in [2.05, 4.69) is 25.6 Å². The van der Waals surface area contributed by atoms with Gasteiger partial charge in [-0.25, -0.2) is 19.0 Å². The minimum Gasteiger partial charge on any atom is -0.394 e. The van der Waals surface area contributed by atoms with Gasteiger partial charge in [0.1, 0.15) is 18.0 Å². The molecule has 1 aromatic carbocycles. The molecule has 6 atom stereocenters. The van der Waals surface area contributed by atoms with Gasteiger partial charge in [-0.15, -0.1) is 5.10 Å². The van der Waals surface area contributed by atoms with Crippen LogP contribution in [-0.2, 0) is 4.74 Å². The highest BCUT2D eigenvalue weighted by Gasteiger charge is 2.45. The van der Waals surface area contributed by atoms with Crippen molar-refractivity contribution in [2.24, 2.45) is 0 Å². The number of nitrogens with zero attached hydrogens (tertiary/aromatic N) is 5. The lowest BCUT2D eigenvalue weighted by atomic mass is 10.1. The smallest absolute Gasteiger partial charge is 0.191 e. The Morgan fingerprint density at radius 1 is 1.31 bits per heavy atom. The molecule has 2 fully saturated rings. The molecule has 36 heavy (non-hydrogen) atoms. The molecule has 5 rings (SSSR count). The Balaban J connectivity index is 1.51. The third-order valence-electron chi connectivity index (χ3n) is 6.27. The first-order chi connectivity index (χ1) is 19.5. The molecule has 194 valence electrons. The van der Waals surface area contributed by atoms with E-state index in [1.54, 1.807) is 26.0 Å². The number of thioether (sulfide) groups is 1. The van der Waals surface area contributed by atoms with E-state index in [-0.39, 0.29) is 41.4 Å². The van der Waals surface area contributed by atoms with Gasteiger partial charge in [0.15, 0.2) is 22.1 Å². The Hall–Kier alpha value is -2.38. The van der Waals surface area contributed by atoms with Gasteiger partial charge in [0.25, 0.3) is 0 Å². The summed E-state index contributed by atoms with van der Waals surface area (Å²) in [6, 6.07) is 1.79. The van der Waals surface area contributed by atoms with Gasteiger partial charge in [0.05, 0.1) is 29.4 Å². The summed E-state index contributed by atoms with van der Waals surface area (Å²) < 4.78 is 69.6. The topological polar surface area (TPSA) is 138 Å². The van der Waals surface area contributed by atoms with E-state index in [9.17, 15) is 19.7 Å². The van der Waals surface area contributed by atoms with E-state index >= 15 is 0 Å². The average Bonchev–Trinajstić information content (AvgIpc) is 3.14. The van der Waals surface area contributed by atoms with Crippen molar-refractivity contribution in [2.75, 3.05) is 24.2 Å². The molecule has 4 N–H and O–H groups in total. The molecule has 3 aromatic rings. The normalized spacial score (nSPS) is 34.9. The predicted octanol–water partition coefficient (Wildman–Crippen LogP) is 2.18. The number of nitrogens with one attached hydrogen (secondary N) is 1. The number of ether oxygens (including phenoxy) is 1. The third-order valence-corrected chi connectivity index (χ3v) is 7.07. The van der Waals surface area contributed by atoms with Crippen LogP contribution in [0.3, 0.4) is 0 Å². The molecule has 10 nitrogen and oxygen atoms in total. The first kappa shape index (κ1) is 18.8. The number of aliphatic hydroxyl groups is 3. The molecule has 2 heterocycles. The van der Waals surface area contributed by atoms with Gasteiger partial charge in [0, 0.05) is 28.1 Å². The molecule has 0 unspecified atom stereocenters. The molecule has 0 spiro atoms. The Morgan fingerprint density at radius 3 is 2.89 bits per heavy atom. The van der Waals surface area contributed by atoms with Crippen LogP contribution in [0, 0.1) is 12.7 Å². The van der Waals surface area contributed by atoms with Crippen LogP contribution in [0.5, 0.6) is 0 Å². The Labute approximate surface area is 220 Å². The fourth-order valence-electron chi connectivity index (χ4n) is 4.27. The van der Waals surface area contributed by atoms with Crippen molar-refractivity contribution in [2.45, 2.75) is 74.5 Å². The zero-order chi connectivity index (χ0) is 30.8. The number of hydrogen-bond acceptors (Lipinski definition) is 10. The first-order valence-electron chi connectivity index (χ1n) is 14.5. The van der Waals surface area contributed by atoms with Gasteiger partial charge >= 0.3 is 0 Å². The van der Waals surface area contributed by atoms with Crippen LogP contribution in [0.4, 0.5) is 10.2 Å². The molecule has 0 saturated heterocycles. The summed E-state index contributed by atoms with van der Waals surface area (Å²) in [5, 5.41) is 41.8. The average molecular weight is 525 g/mol. The van der Waals surface area contributed by atoms with E-state index in [4.69, 9.17) is 13.0 Å². The minimum atomic E-state index is -2.65. The van der Waals surface area contributed by atoms with Crippen molar-refractivity contribution in [3.05, 3.63) is 35.1 Å². The van der Waals surface area contributed by atoms with Gasteiger partial charge < -0.3 is 25.4 Å². The quantitative estimate of drug-likeness (QED) is 0.231. The number of fused-ring (bicyclic) bond motifs is 1. The van der Waals surface area contributed by atoms with E-state index in [1.807, 2.05) is 0 Å². The first-order valence-corrected chi connectivity index (χ1v) is 12.4. The highest BCUT2D eigenvalue weighted by Crippen LogP contribution is 2.44. The maximum Gasteiger partial charge on any atom is 0.191 e. The van der Waals surface area contributed by atoms with Crippen LogP contribution in [0.1, 0.15) is 57.5 Å². The molecule has 2 aliphatic rings. The molecule has 0 amide bonds. The van der Waals surface area contributed by atoms with Gasteiger partial charge in [-0.2, -0.15) is 0 Å². The molecule has 2 aromatic heterocycles. The molecule has 12 heteroatoms. The standard InChI is InChI=1S/C24H31FN6O4S/c1-3-8-36-24-27-22(26-16-10-14(16)13-5-4-12(2)15(25)9-13)19-23(28-24)31(30-29-19)17-11-18(35-7-6-32)21(34)20(17)33/h4-5,9,14,16-18,20-21,32-34H,3,6-8,10-11H2,1-2H3,(H,26,27,28)/t14-,16+,17+,18-,20-,21+/m0/s1/i6D2,8D2,14D,16D. The lowest BCUT2D eigenvalue weighted by molar-refractivity contribution is -0.0629. The molecule has 0 bridgehead atoms. The molecule has 0 radical (unpaired) electrons. The summed E-state index contributed by atoms with van der Waals surface area (Å²) in [6.45, 7) is -0.128. The summed E-state index contributed by atoms with van der Waals surface area (Å²) in [5.74, 6) is -2.02. The summed E-state index contributed by atoms with van der Waals surface area (Å²) in [5.41, 5.74) is -0.928. The number of aliphatic hydroxyl groups excluding tert-OH is 2. The number of anilines is 1. The van der Waals surface area contributed by atoms with E-state index in [0.717, 1.165) is 11.8 Å². The van der Waals surface area contributed by atoms with Crippen molar-refractivity contribution in [1.82, 2.24) is 25.0 Å². The largest absolute Gasteiger partial charge is 0.394 e. The lowest BCUT2D eigenvalue weighted by Gasteiger charge is -2.17. The molecule has 2 saturated carbocycles. The zero-order valence-electron chi connectivity index (χ0n) is 25.6. The summed E-state index contributed by atoms with van der Waals surface area (Å²) in [4.78, 5) is 8.83. The van der Waals surface area contributed by atoms with E-state index in [1.165, 1.54) is 10.7 Å². The lowest BCUT2D eigenvalue weighted by Crippen LogP contribution is -2.33. The van der Waals surface area contributed by atoms with Gasteiger partial charge in [0.2, 0.25) is 0 Å². The molecule has 2 aliphatic carbocycles. The van der Waals surface area contributed by atoms with Crippen LogP contribution >= 0.6 is 11.8 Å². The predicted molar refractivity (Wildman–Crippen MR) is 133 cm³/mol. The SMILES string of the molecule is [2H]C([2H])(O)CO[C@H]1C[C@@H](n2nnc3c(N[C@]4([2H])C[C@@]4([2H])c4ccc(C)c(F)c4)nc(SC([2H])([2H])CC)nc32)[C@H](O)[C@@H]1O. The number of rotatable bonds is 10. The van der Waals surface area contributed by atoms with Crippen molar-refractivity contribution < 1.29 is 32.7 Å². The highest BCUT2D eigenvalue weighted by molar-refractivity contribution is 7.99. The number of aryl methyl sites for hydroxylation is 1.